The zero-order valence-electron chi connectivity index (χ0n) is 8.48. The lowest BCUT2D eigenvalue weighted by atomic mass is 10.4. The van der Waals surface area contributed by atoms with Crippen molar-refractivity contribution in [1.29, 1.82) is 0 Å². The van der Waals surface area contributed by atoms with E-state index in [0.29, 0.717) is 5.69 Å². The van der Waals surface area contributed by atoms with Gasteiger partial charge in [-0.05, 0) is 12.8 Å². The van der Waals surface area contributed by atoms with Gasteiger partial charge in [-0.1, -0.05) is 6.92 Å². The summed E-state index contributed by atoms with van der Waals surface area (Å²) in [5.74, 6) is 0. The van der Waals surface area contributed by atoms with Crippen molar-refractivity contribution < 1.29 is 9.53 Å². The molecular weight excluding hydrogens is 180 g/mol. The zero-order chi connectivity index (χ0) is 10.2. The third kappa shape index (κ3) is 3.30. The predicted octanol–water partition coefficient (Wildman–Crippen LogP) is 1.51. The van der Waals surface area contributed by atoms with Crippen molar-refractivity contribution in [2.24, 2.45) is 0 Å². The molecule has 14 heavy (non-hydrogen) atoms. The van der Waals surface area contributed by atoms with Gasteiger partial charge in [0, 0.05) is 19.8 Å². The number of aryl methyl sites for hydroxylation is 1. The first-order valence-corrected chi connectivity index (χ1v) is 4.91. The molecule has 0 aliphatic heterocycles. The van der Waals surface area contributed by atoms with Crippen LogP contribution in [0.15, 0.2) is 12.5 Å². The molecule has 0 atom stereocenters. The van der Waals surface area contributed by atoms with Gasteiger partial charge in [-0.2, -0.15) is 0 Å². The molecule has 0 saturated heterocycles. The second kappa shape index (κ2) is 6.32. The molecule has 4 nitrogen and oxygen atoms in total. The van der Waals surface area contributed by atoms with Crippen molar-refractivity contribution in [2.75, 3.05) is 13.2 Å². The molecule has 1 rings (SSSR count). The number of ether oxygens (including phenoxy) is 1. The number of hydrogen-bond donors (Lipinski definition) is 0. The van der Waals surface area contributed by atoms with Crippen LogP contribution in [0.1, 0.15) is 30.3 Å². The van der Waals surface area contributed by atoms with Crippen molar-refractivity contribution in [3.8, 4) is 0 Å². The van der Waals surface area contributed by atoms with Crippen LogP contribution in [0.3, 0.4) is 0 Å². The summed E-state index contributed by atoms with van der Waals surface area (Å²) in [6, 6.07) is 0. The second-order valence-electron chi connectivity index (χ2n) is 3.10. The number of hydrogen-bond acceptors (Lipinski definition) is 3. The SMILES string of the molecule is CCCOCCCn1cncc1C=O. The molecule has 0 N–H and O–H groups in total. The Labute approximate surface area is 83.9 Å². The summed E-state index contributed by atoms with van der Waals surface area (Å²) in [5.41, 5.74) is 0.625. The molecule has 1 aromatic heterocycles. The van der Waals surface area contributed by atoms with Crippen LogP contribution in [0.25, 0.3) is 0 Å². The first-order valence-electron chi connectivity index (χ1n) is 4.91. The molecule has 1 heterocycles. The standard InChI is InChI=1S/C10H16N2O2/c1-2-5-14-6-3-4-12-9-11-7-10(12)8-13/h7-9H,2-6H2,1H3. The van der Waals surface area contributed by atoms with Crippen molar-refractivity contribution >= 4 is 6.29 Å². The van der Waals surface area contributed by atoms with Crippen LogP contribution in [0, 0.1) is 0 Å². The van der Waals surface area contributed by atoms with Crippen LogP contribution in [0.5, 0.6) is 0 Å². The lowest BCUT2D eigenvalue weighted by molar-refractivity contribution is 0.111. The first-order chi connectivity index (χ1) is 6.88. The topological polar surface area (TPSA) is 44.1 Å². The number of carbonyl (C=O) groups is 1. The average molecular weight is 196 g/mol. The fourth-order valence-electron chi connectivity index (χ4n) is 1.20. The number of rotatable bonds is 7. The van der Waals surface area contributed by atoms with E-state index in [-0.39, 0.29) is 0 Å². The number of carbonyl (C=O) groups excluding carboxylic acids is 1. The maximum absolute atomic E-state index is 10.5. The monoisotopic (exact) mass is 196 g/mol. The Morgan fingerprint density at radius 2 is 2.43 bits per heavy atom. The molecule has 0 saturated carbocycles. The van der Waals surface area contributed by atoms with Crippen LogP contribution < -0.4 is 0 Å². The summed E-state index contributed by atoms with van der Waals surface area (Å²) in [4.78, 5) is 14.4. The fraction of sp³-hybridized carbons (Fsp3) is 0.600. The molecule has 0 amide bonds. The van der Waals surface area contributed by atoms with E-state index in [4.69, 9.17) is 4.74 Å². The third-order valence-electron chi connectivity index (χ3n) is 1.90. The predicted molar refractivity (Wildman–Crippen MR) is 53.3 cm³/mol. The molecule has 0 spiro atoms. The molecule has 0 fully saturated rings. The van der Waals surface area contributed by atoms with Gasteiger partial charge in [0.05, 0.1) is 12.5 Å². The van der Waals surface area contributed by atoms with E-state index in [1.165, 1.54) is 0 Å². The number of nitrogens with zero attached hydrogens (tertiary/aromatic N) is 2. The van der Waals surface area contributed by atoms with Crippen LogP contribution in [0.2, 0.25) is 0 Å². The quantitative estimate of drug-likeness (QED) is 0.490. The smallest absolute Gasteiger partial charge is 0.168 e. The lowest BCUT2D eigenvalue weighted by Crippen LogP contribution is -2.04. The average Bonchev–Trinajstić information content (AvgIpc) is 2.65. The van der Waals surface area contributed by atoms with Gasteiger partial charge >= 0.3 is 0 Å². The summed E-state index contributed by atoms with van der Waals surface area (Å²) in [7, 11) is 0. The normalized spacial score (nSPS) is 10.4. The molecule has 0 radical (unpaired) electrons. The molecule has 1 aromatic rings. The number of aromatic nitrogens is 2. The van der Waals surface area contributed by atoms with E-state index >= 15 is 0 Å². The Morgan fingerprint density at radius 1 is 1.57 bits per heavy atom. The van der Waals surface area contributed by atoms with Crippen LogP contribution in [0.4, 0.5) is 0 Å². The highest BCUT2D eigenvalue weighted by Crippen LogP contribution is 1.97. The van der Waals surface area contributed by atoms with Crippen LogP contribution >= 0.6 is 0 Å². The highest BCUT2D eigenvalue weighted by atomic mass is 16.5. The van der Waals surface area contributed by atoms with Gasteiger partial charge in [-0.25, -0.2) is 4.98 Å². The number of aldehydes is 1. The van der Waals surface area contributed by atoms with Gasteiger partial charge in [0.15, 0.2) is 6.29 Å². The van der Waals surface area contributed by atoms with E-state index in [1.54, 1.807) is 12.5 Å². The summed E-state index contributed by atoms with van der Waals surface area (Å²) >= 11 is 0. The molecule has 0 unspecified atom stereocenters. The minimum Gasteiger partial charge on any atom is -0.381 e. The van der Waals surface area contributed by atoms with E-state index < -0.39 is 0 Å². The summed E-state index contributed by atoms with van der Waals surface area (Å²) in [6.07, 6.45) is 6.02. The lowest BCUT2D eigenvalue weighted by Gasteiger charge is -2.04. The minimum absolute atomic E-state index is 0.625. The zero-order valence-corrected chi connectivity index (χ0v) is 8.48. The van der Waals surface area contributed by atoms with Gasteiger partial charge in [0.2, 0.25) is 0 Å². The molecular formula is C10H16N2O2. The summed E-state index contributed by atoms with van der Waals surface area (Å²) in [6.45, 7) is 4.42. The highest BCUT2D eigenvalue weighted by molar-refractivity contribution is 5.71. The first kappa shape index (κ1) is 10.9. The molecule has 0 bridgehead atoms. The van der Waals surface area contributed by atoms with Crippen molar-refractivity contribution in [2.45, 2.75) is 26.3 Å². The van der Waals surface area contributed by atoms with Gasteiger partial charge < -0.3 is 9.30 Å². The maximum Gasteiger partial charge on any atom is 0.168 e. The van der Waals surface area contributed by atoms with Crippen molar-refractivity contribution in [3.63, 3.8) is 0 Å². The highest BCUT2D eigenvalue weighted by Gasteiger charge is 1.98. The molecule has 0 aliphatic carbocycles. The molecule has 78 valence electrons. The molecule has 4 heteroatoms. The van der Waals surface area contributed by atoms with Crippen LogP contribution in [-0.2, 0) is 11.3 Å². The summed E-state index contributed by atoms with van der Waals surface area (Å²) < 4.78 is 7.17. The molecule has 0 aliphatic rings. The Balaban J connectivity index is 2.21. The van der Waals surface area contributed by atoms with Crippen LogP contribution in [-0.4, -0.2) is 29.1 Å². The number of imidazole rings is 1. The van der Waals surface area contributed by atoms with E-state index in [0.717, 1.165) is 38.9 Å². The summed E-state index contributed by atoms with van der Waals surface area (Å²) in [5, 5.41) is 0. The van der Waals surface area contributed by atoms with E-state index in [2.05, 4.69) is 11.9 Å². The van der Waals surface area contributed by atoms with Crippen molar-refractivity contribution in [1.82, 2.24) is 9.55 Å². The Kier molecular flexibility index (Phi) is 4.93. The Bertz CT molecular complexity index is 271. The van der Waals surface area contributed by atoms with Gasteiger partial charge in [0.1, 0.15) is 5.69 Å². The maximum atomic E-state index is 10.5. The molecule has 0 aromatic carbocycles. The Morgan fingerprint density at radius 3 is 3.14 bits per heavy atom. The van der Waals surface area contributed by atoms with Gasteiger partial charge in [-0.15, -0.1) is 0 Å². The largest absolute Gasteiger partial charge is 0.381 e. The second-order valence-corrected chi connectivity index (χ2v) is 3.10. The third-order valence-corrected chi connectivity index (χ3v) is 1.90. The van der Waals surface area contributed by atoms with Gasteiger partial charge in [0.25, 0.3) is 0 Å². The van der Waals surface area contributed by atoms with E-state index in [9.17, 15) is 4.79 Å². The van der Waals surface area contributed by atoms with E-state index in [1.807, 2.05) is 4.57 Å². The minimum atomic E-state index is 0.625. The fourth-order valence-corrected chi connectivity index (χ4v) is 1.20. The van der Waals surface area contributed by atoms with Gasteiger partial charge in [-0.3, -0.25) is 4.79 Å². The Hall–Kier alpha value is -1.16. The van der Waals surface area contributed by atoms with Crippen molar-refractivity contribution in [3.05, 3.63) is 18.2 Å².